The molecule has 0 saturated carbocycles. The highest BCUT2D eigenvalue weighted by Crippen LogP contribution is 2.34. The summed E-state index contributed by atoms with van der Waals surface area (Å²) in [6.45, 7) is 2.79. The van der Waals surface area contributed by atoms with Gasteiger partial charge in [0.2, 0.25) is 5.13 Å². The van der Waals surface area contributed by atoms with Crippen LogP contribution in [0.4, 0.5) is 13.9 Å². The molecule has 0 bridgehead atoms. The normalized spacial score (nSPS) is 22.7. The average Bonchev–Trinajstić information content (AvgIpc) is 3.00. The summed E-state index contributed by atoms with van der Waals surface area (Å²) in [6.07, 6.45) is 0.915. The Balaban J connectivity index is 1.85. The summed E-state index contributed by atoms with van der Waals surface area (Å²) in [4.78, 5) is 2.14. The topological polar surface area (TPSA) is 41.1 Å². The Labute approximate surface area is 125 Å². The van der Waals surface area contributed by atoms with Crippen molar-refractivity contribution in [2.75, 3.05) is 18.9 Å². The van der Waals surface area contributed by atoms with Gasteiger partial charge in [-0.3, -0.25) is 4.90 Å². The average molecular weight is 310 g/mol. The monoisotopic (exact) mass is 310 g/mol. The maximum atomic E-state index is 13.5. The first-order chi connectivity index (χ1) is 10.0. The lowest BCUT2D eigenvalue weighted by atomic mass is 10.00. The van der Waals surface area contributed by atoms with E-state index in [0.717, 1.165) is 28.7 Å². The van der Waals surface area contributed by atoms with E-state index in [1.807, 2.05) is 14.0 Å². The fraction of sp³-hybridized carbons (Fsp3) is 0.429. The third-order valence-corrected chi connectivity index (χ3v) is 4.54. The van der Waals surface area contributed by atoms with Crippen molar-refractivity contribution in [1.82, 2.24) is 15.1 Å². The number of aryl methyl sites for hydroxylation is 1. The smallest absolute Gasteiger partial charge is 0.205 e. The number of likely N-dealkylation sites (N-methyl/N-ethyl adjacent to an activating group) is 1. The first-order valence-electron chi connectivity index (χ1n) is 6.76. The predicted molar refractivity (Wildman–Crippen MR) is 78.4 cm³/mol. The number of aromatic nitrogens is 2. The zero-order chi connectivity index (χ0) is 15.0. The maximum Gasteiger partial charge on any atom is 0.205 e. The van der Waals surface area contributed by atoms with Gasteiger partial charge in [-0.25, -0.2) is 8.78 Å². The van der Waals surface area contributed by atoms with Crippen molar-refractivity contribution in [3.63, 3.8) is 0 Å². The van der Waals surface area contributed by atoms with E-state index < -0.39 is 11.6 Å². The SMILES string of the molecule is Cc1nnc(N[C@@H]2CCN(C)[C@H]2c2ccc(F)c(F)c2)s1. The fourth-order valence-electron chi connectivity index (χ4n) is 2.79. The number of likely N-dealkylation sites (tertiary alicyclic amines) is 1. The number of benzene rings is 1. The second kappa shape index (κ2) is 5.65. The van der Waals surface area contributed by atoms with Crippen LogP contribution in [0.2, 0.25) is 0 Å². The van der Waals surface area contributed by atoms with E-state index in [2.05, 4.69) is 20.4 Å². The van der Waals surface area contributed by atoms with E-state index >= 15 is 0 Å². The van der Waals surface area contributed by atoms with Crippen molar-refractivity contribution in [3.8, 4) is 0 Å². The van der Waals surface area contributed by atoms with Gasteiger partial charge in [-0.05, 0) is 38.1 Å². The molecule has 1 aromatic carbocycles. The molecule has 1 aliphatic heterocycles. The number of nitrogens with one attached hydrogen (secondary N) is 1. The molecule has 4 nitrogen and oxygen atoms in total. The zero-order valence-electron chi connectivity index (χ0n) is 11.8. The van der Waals surface area contributed by atoms with Gasteiger partial charge in [-0.2, -0.15) is 0 Å². The lowest BCUT2D eigenvalue weighted by Gasteiger charge is -2.26. The largest absolute Gasteiger partial charge is 0.355 e. The van der Waals surface area contributed by atoms with Crippen molar-refractivity contribution >= 4 is 16.5 Å². The third kappa shape index (κ3) is 2.89. The molecule has 21 heavy (non-hydrogen) atoms. The molecule has 0 spiro atoms. The van der Waals surface area contributed by atoms with Crippen LogP contribution in [0, 0.1) is 18.6 Å². The molecule has 7 heteroatoms. The molecule has 1 aliphatic rings. The molecule has 2 heterocycles. The standard InChI is InChI=1S/C14H16F2N4S/c1-8-18-19-14(21-8)17-12-5-6-20(2)13(12)9-3-4-10(15)11(16)7-9/h3-4,7,12-13H,5-6H2,1-2H3,(H,17,19)/t12-,13+/m1/s1. The van der Waals surface area contributed by atoms with Crippen LogP contribution in [0.25, 0.3) is 0 Å². The summed E-state index contributed by atoms with van der Waals surface area (Å²) < 4.78 is 26.6. The van der Waals surface area contributed by atoms with Gasteiger partial charge in [-0.1, -0.05) is 17.4 Å². The highest BCUT2D eigenvalue weighted by molar-refractivity contribution is 7.15. The van der Waals surface area contributed by atoms with Crippen LogP contribution in [0.5, 0.6) is 0 Å². The molecule has 0 amide bonds. The van der Waals surface area contributed by atoms with Crippen LogP contribution in [0.3, 0.4) is 0 Å². The van der Waals surface area contributed by atoms with Gasteiger partial charge in [0, 0.05) is 12.6 Å². The molecule has 1 fully saturated rings. The zero-order valence-corrected chi connectivity index (χ0v) is 12.6. The molecule has 0 radical (unpaired) electrons. The van der Waals surface area contributed by atoms with Crippen LogP contribution in [0.1, 0.15) is 23.0 Å². The summed E-state index contributed by atoms with van der Waals surface area (Å²) >= 11 is 1.49. The number of rotatable bonds is 3. The Bertz CT molecular complexity index is 646. The van der Waals surface area contributed by atoms with Crippen molar-refractivity contribution in [2.24, 2.45) is 0 Å². The number of hydrogen-bond donors (Lipinski definition) is 1. The predicted octanol–water partition coefficient (Wildman–Crippen LogP) is 2.98. The van der Waals surface area contributed by atoms with E-state index in [1.54, 1.807) is 6.07 Å². The summed E-state index contributed by atoms with van der Waals surface area (Å²) in [5, 5.41) is 13.1. The van der Waals surface area contributed by atoms with E-state index in [9.17, 15) is 8.78 Å². The highest BCUT2D eigenvalue weighted by Gasteiger charge is 2.34. The van der Waals surface area contributed by atoms with E-state index in [4.69, 9.17) is 0 Å². The molecular weight excluding hydrogens is 294 g/mol. The lowest BCUT2D eigenvalue weighted by molar-refractivity contribution is 0.308. The van der Waals surface area contributed by atoms with Crippen molar-refractivity contribution in [2.45, 2.75) is 25.4 Å². The second-order valence-electron chi connectivity index (χ2n) is 5.26. The fourth-order valence-corrected chi connectivity index (χ4v) is 3.45. The molecule has 2 atom stereocenters. The molecule has 2 aromatic rings. The van der Waals surface area contributed by atoms with Crippen molar-refractivity contribution < 1.29 is 8.78 Å². The summed E-state index contributed by atoms with van der Waals surface area (Å²) in [6, 6.07) is 4.20. The molecule has 112 valence electrons. The first kappa shape index (κ1) is 14.3. The van der Waals surface area contributed by atoms with Crippen LogP contribution in [0.15, 0.2) is 18.2 Å². The maximum absolute atomic E-state index is 13.5. The van der Waals surface area contributed by atoms with Crippen LogP contribution >= 0.6 is 11.3 Å². The van der Waals surface area contributed by atoms with Gasteiger partial charge in [-0.15, -0.1) is 10.2 Å². The van der Waals surface area contributed by atoms with Gasteiger partial charge in [0.15, 0.2) is 11.6 Å². The minimum atomic E-state index is -0.816. The van der Waals surface area contributed by atoms with Crippen LogP contribution in [-0.2, 0) is 0 Å². The molecule has 0 unspecified atom stereocenters. The molecular formula is C14H16F2N4S. The molecule has 1 N–H and O–H groups in total. The van der Waals surface area contributed by atoms with Crippen LogP contribution in [-0.4, -0.2) is 34.7 Å². The minimum Gasteiger partial charge on any atom is -0.355 e. The number of nitrogens with zero attached hydrogens (tertiary/aromatic N) is 3. The minimum absolute atomic E-state index is 0.00990. The number of hydrogen-bond acceptors (Lipinski definition) is 5. The summed E-state index contributed by atoms with van der Waals surface area (Å²) in [7, 11) is 1.99. The molecule has 1 aromatic heterocycles. The van der Waals surface area contributed by atoms with E-state index in [0.29, 0.717) is 0 Å². The molecule has 0 aliphatic carbocycles. The molecule has 3 rings (SSSR count). The lowest BCUT2D eigenvalue weighted by Crippen LogP contribution is -2.29. The Kier molecular flexibility index (Phi) is 3.86. The molecule has 1 saturated heterocycles. The van der Waals surface area contributed by atoms with Crippen molar-refractivity contribution in [3.05, 3.63) is 40.4 Å². The summed E-state index contributed by atoms with van der Waals surface area (Å²) in [5.74, 6) is -1.62. The quantitative estimate of drug-likeness (QED) is 0.946. The van der Waals surface area contributed by atoms with Gasteiger partial charge in [0.05, 0.1) is 6.04 Å². The summed E-state index contributed by atoms with van der Waals surface area (Å²) in [5.41, 5.74) is 0.771. The Morgan fingerprint density at radius 3 is 2.76 bits per heavy atom. The third-order valence-electron chi connectivity index (χ3n) is 3.77. The number of anilines is 1. The van der Waals surface area contributed by atoms with Crippen molar-refractivity contribution in [1.29, 1.82) is 0 Å². The number of halogens is 2. The highest BCUT2D eigenvalue weighted by atomic mass is 32.1. The van der Waals surface area contributed by atoms with Crippen LogP contribution < -0.4 is 5.32 Å². The first-order valence-corrected chi connectivity index (χ1v) is 7.58. The Hall–Kier alpha value is -1.60. The Morgan fingerprint density at radius 1 is 1.29 bits per heavy atom. The second-order valence-corrected chi connectivity index (χ2v) is 6.45. The van der Waals surface area contributed by atoms with Gasteiger partial charge < -0.3 is 5.32 Å². The van der Waals surface area contributed by atoms with E-state index in [1.165, 1.54) is 23.5 Å². The Morgan fingerprint density at radius 2 is 2.10 bits per heavy atom. The van der Waals surface area contributed by atoms with Gasteiger partial charge in [0.25, 0.3) is 0 Å². The van der Waals surface area contributed by atoms with Gasteiger partial charge in [0.1, 0.15) is 5.01 Å². The van der Waals surface area contributed by atoms with Gasteiger partial charge >= 0.3 is 0 Å². The van der Waals surface area contributed by atoms with E-state index in [-0.39, 0.29) is 12.1 Å².